The number of amides is 1. The second-order valence-electron chi connectivity index (χ2n) is 6.58. The Hall–Kier alpha value is -3.37. The number of aromatic nitrogens is 1. The highest BCUT2D eigenvalue weighted by atomic mass is 19.4. The zero-order valence-electron chi connectivity index (χ0n) is 15.0. The number of nitrogens with one attached hydrogen (secondary N) is 1. The number of alkyl halides is 3. The molecule has 0 atom stereocenters. The number of carbonyl (C=O) groups is 1. The number of nitrogens with zero attached hydrogens (tertiary/aromatic N) is 3. The lowest BCUT2D eigenvalue weighted by atomic mass is 9.95. The topological polar surface area (TPSA) is 109 Å². The first kappa shape index (κ1) is 20.4. The van der Waals surface area contributed by atoms with Gasteiger partial charge in [0.05, 0.1) is 10.5 Å². The van der Waals surface area contributed by atoms with Crippen LogP contribution < -0.4 is 10.2 Å². The average molecular weight is 410 g/mol. The van der Waals surface area contributed by atoms with E-state index in [-0.39, 0.29) is 36.3 Å². The molecule has 29 heavy (non-hydrogen) atoms. The second-order valence-corrected chi connectivity index (χ2v) is 6.58. The van der Waals surface area contributed by atoms with Crippen LogP contribution in [0.1, 0.15) is 18.4 Å². The number of carbonyl (C=O) groups excluding carboxylic acids is 1. The summed E-state index contributed by atoms with van der Waals surface area (Å²) in [7, 11) is 0. The van der Waals surface area contributed by atoms with Crippen LogP contribution in [-0.2, 0) is 11.0 Å². The Balaban J connectivity index is 1.70. The third kappa shape index (κ3) is 4.55. The fourth-order valence-electron chi connectivity index (χ4n) is 3.21. The van der Waals surface area contributed by atoms with Gasteiger partial charge in [0.2, 0.25) is 5.91 Å². The number of halogens is 3. The number of rotatable bonds is 4. The molecule has 2 heterocycles. The summed E-state index contributed by atoms with van der Waals surface area (Å²) in [6.07, 6.45) is -2.57. The summed E-state index contributed by atoms with van der Waals surface area (Å²) in [6.45, 7) is 0.525. The minimum atomic E-state index is -4.68. The molecule has 0 spiro atoms. The highest BCUT2D eigenvalue weighted by Crippen LogP contribution is 2.37. The van der Waals surface area contributed by atoms with Crippen molar-refractivity contribution in [1.82, 2.24) is 4.98 Å². The average Bonchev–Trinajstić information content (AvgIpc) is 2.68. The molecule has 3 rings (SSSR count). The highest BCUT2D eigenvalue weighted by Gasteiger charge is 2.35. The summed E-state index contributed by atoms with van der Waals surface area (Å²) in [5.74, 6) is -0.890. The summed E-state index contributed by atoms with van der Waals surface area (Å²) in [5.41, 5.74) is -1.62. The fraction of sp³-hybridized carbons (Fsp3) is 0.333. The van der Waals surface area contributed by atoms with Gasteiger partial charge in [-0.25, -0.2) is 4.98 Å². The Morgan fingerprint density at radius 2 is 1.97 bits per heavy atom. The Morgan fingerprint density at radius 3 is 2.55 bits per heavy atom. The smallest absolute Gasteiger partial charge is 0.416 e. The summed E-state index contributed by atoms with van der Waals surface area (Å²) >= 11 is 0. The first-order chi connectivity index (χ1) is 13.7. The summed E-state index contributed by atoms with van der Waals surface area (Å²) in [6, 6.07) is 5.33. The van der Waals surface area contributed by atoms with Crippen LogP contribution in [0.3, 0.4) is 0 Å². The van der Waals surface area contributed by atoms with Crippen molar-refractivity contribution >= 4 is 23.1 Å². The summed E-state index contributed by atoms with van der Waals surface area (Å²) < 4.78 is 38.5. The van der Waals surface area contributed by atoms with Crippen molar-refractivity contribution in [2.24, 2.45) is 5.92 Å². The predicted molar refractivity (Wildman–Crippen MR) is 97.6 cm³/mol. The van der Waals surface area contributed by atoms with Gasteiger partial charge >= 0.3 is 6.18 Å². The van der Waals surface area contributed by atoms with E-state index in [0.717, 1.165) is 12.1 Å². The summed E-state index contributed by atoms with van der Waals surface area (Å²) in [5, 5.41) is 23.5. The highest BCUT2D eigenvalue weighted by molar-refractivity contribution is 5.93. The lowest BCUT2D eigenvalue weighted by Gasteiger charge is -2.32. The van der Waals surface area contributed by atoms with Crippen LogP contribution >= 0.6 is 0 Å². The Kier molecular flexibility index (Phi) is 5.57. The predicted octanol–water partition coefficient (Wildman–Crippen LogP) is 3.57. The molecule has 1 aliphatic heterocycles. The Bertz CT molecular complexity index is 928. The van der Waals surface area contributed by atoms with Crippen LogP contribution in [0.5, 0.6) is 5.75 Å². The van der Waals surface area contributed by atoms with Crippen LogP contribution in [0.15, 0.2) is 36.5 Å². The van der Waals surface area contributed by atoms with Gasteiger partial charge in [-0.1, -0.05) is 0 Å². The van der Waals surface area contributed by atoms with Crippen molar-refractivity contribution in [3.63, 3.8) is 0 Å². The number of hydrogen-bond donors (Lipinski definition) is 2. The number of piperidine rings is 1. The molecule has 154 valence electrons. The van der Waals surface area contributed by atoms with E-state index in [9.17, 15) is 33.2 Å². The Morgan fingerprint density at radius 1 is 1.28 bits per heavy atom. The molecule has 11 heteroatoms. The van der Waals surface area contributed by atoms with E-state index in [2.05, 4.69) is 10.3 Å². The quantitative estimate of drug-likeness (QED) is 0.589. The summed E-state index contributed by atoms with van der Waals surface area (Å²) in [4.78, 5) is 28.3. The largest absolute Gasteiger partial charge is 0.504 e. The van der Waals surface area contributed by atoms with E-state index >= 15 is 0 Å². The maximum atomic E-state index is 12.8. The number of hydrogen-bond acceptors (Lipinski definition) is 6. The molecule has 0 aliphatic carbocycles. The number of anilines is 2. The van der Waals surface area contributed by atoms with Gasteiger partial charge in [0.1, 0.15) is 5.69 Å². The van der Waals surface area contributed by atoms with E-state index < -0.39 is 28.3 Å². The first-order valence-electron chi connectivity index (χ1n) is 8.72. The van der Waals surface area contributed by atoms with Gasteiger partial charge in [-0.2, -0.15) is 13.2 Å². The third-order valence-electron chi connectivity index (χ3n) is 4.73. The minimum absolute atomic E-state index is 0.0401. The SMILES string of the molecule is O=C(Nc1ncccc1O)C1CCN(c2ccc(C(F)(F)F)cc2[N+](=O)[O-])CC1. The van der Waals surface area contributed by atoms with Gasteiger partial charge in [0.25, 0.3) is 5.69 Å². The second kappa shape index (κ2) is 7.94. The monoisotopic (exact) mass is 410 g/mol. The number of nitro benzene ring substituents is 1. The Labute approximate surface area is 163 Å². The van der Waals surface area contributed by atoms with Gasteiger partial charge in [-0.15, -0.1) is 0 Å². The molecule has 0 saturated carbocycles. The van der Waals surface area contributed by atoms with Crippen LogP contribution in [0.25, 0.3) is 0 Å². The number of aromatic hydroxyl groups is 1. The lowest BCUT2D eigenvalue weighted by Crippen LogP contribution is -2.38. The molecule has 1 saturated heterocycles. The van der Waals surface area contributed by atoms with Gasteiger partial charge < -0.3 is 15.3 Å². The maximum Gasteiger partial charge on any atom is 0.416 e. The maximum absolute atomic E-state index is 12.8. The van der Waals surface area contributed by atoms with Crippen molar-refractivity contribution in [2.45, 2.75) is 19.0 Å². The fourth-order valence-corrected chi connectivity index (χ4v) is 3.21. The molecular formula is C18H17F3N4O4. The van der Waals surface area contributed by atoms with Gasteiger partial charge in [0, 0.05) is 31.3 Å². The lowest BCUT2D eigenvalue weighted by molar-refractivity contribution is -0.384. The normalized spacial score (nSPS) is 15.2. The zero-order chi connectivity index (χ0) is 21.2. The molecule has 1 aliphatic rings. The van der Waals surface area contributed by atoms with Crippen molar-refractivity contribution in [3.8, 4) is 5.75 Å². The zero-order valence-corrected chi connectivity index (χ0v) is 15.0. The van der Waals surface area contributed by atoms with Crippen molar-refractivity contribution in [1.29, 1.82) is 0 Å². The van der Waals surface area contributed by atoms with E-state index in [1.807, 2.05) is 0 Å². The molecule has 0 bridgehead atoms. The van der Waals surface area contributed by atoms with Crippen LogP contribution in [-0.4, -0.2) is 34.0 Å². The molecule has 0 radical (unpaired) electrons. The van der Waals surface area contributed by atoms with Crippen LogP contribution in [0.2, 0.25) is 0 Å². The number of nitro groups is 1. The van der Waals surface area contributed by atoms with E-state index in [0.29, 0.717) is 18.9 Å². The molecule has 1 fully saturated rings. The van der Waals surface area contributed by atoms with Crippen LogP contribution in [0.4, 0.5) is 30.4 Å². The van der Waals surface area contributed by atoms with Crippen molar-refractivity contribution in [3.05, 3.63) is 52.2 Å². The number of benzene rings is 1. The molecule has 1 aromatic heterocycles. The van der Waals surface area contributed by atoms with Gasteiger partial charge in [0.15, 0.2) is 11.6 Å². The molecule has 1 aromatic carbocycles. The molecule has 8 nitrogen and oxygen atoms in total. The standard InChI is InChI=1S/C18H17F3N4O4/c19-18(20,21)12-3-4-13(14(10-12)25(28)29)24-8-5-11(6-9-24)17(27)23-16-15(26)2-1-7-22-16/h1-4,7,10-11,26H,5-6,8-9H2,(H,22,23,27). The molecule has 1 amide bonds. The minimum Gasteiger partial charge on any atom is -0.504 e. The third-order valence-corrected chi connectivity index (χ3v) is 4.73. The molecule has 2 N–H and O–H groups in total. The number of pyridine rings is 1. The van der Waals surface area contributed by atoms with Crippen LogP contribution in [0, 0.1) is 16.0 Å². The van der Waals surface area contributed by atoms with E-state index in [4.69, 9.17) is 0 Å². The van der Waals surface area contributed by atoms with Crippen molar-refractivity contribution < 1.29 is 28.0 Å². The van der Waals surface area contributed by atoms with Gasteiger partial charge in [-0.3, -0.25) is 14.9 Å². The van der Waals surface area contributed by atoms with Gasteiger partial charge in [-0.05, 0) is 37.1 Å². The van der Waals surface area contributed by atoms with E-state index in [1.54, 1.807) is 4.90 Å². The first-order valence-corrected chi connectivity index (χ1v) is 8.72. The molecular weight excluding hydrogens is 393 g/mol. The van der Waals surface area contributed by atoms with Crippen molar-refractivity contribution in [2.75, 3.05) is 23.3 Å². The molecule has 0 unspecified atom stereocenters. The van der Waals surface area contributed by atoms with E-state index in [1.165, 1.54) is 18.3 Å². The molecule has 2 aromatic rings.